The van der Waals surface area contributed by atoms with Gasteiger partial charge in [-0.2, -0.15) is 0 Å². The monoisotopic (exact) mass is 380 g/mol. The average Bonchev–Trinajstić information content (AvgIpc) is 2.68. The first-order valence-electron chi connectivity index (χ1n) is 7.89. The molecule has 2 aromatic carbocycles. The van der Waals surface area contributed by atoms with Gasteiger partial charge < -0.3 is 9.52 Å². The molecule has 0 aliphatic heterocycles. The molecule has 28 heavy (non-hydrogen) atoms. The molecule has 138 valence electrons. The van der Waals surface area contributed by atoms with Crippen molar-refractivity contribution < 1.29 is 23.6 Å². The highest BCUT2D eigenvalue weighted by molar-refractivity contribution is 6.13. The molecule has 0 radical (unpaired) electrons. The first-order valence-corrected chi connectivity index (χ1v) is 7.89. The van der Waals surface area contributed by atoms with Gasteiger partial charge in [0.15, 0.2) is 5.78 Å². The Balaban J connectivity index is 1.91. The molecular weight excluding hydrogens is 371 g/mol. The number of aromatic nitrogens is 1. The van der Waals surface area contributed by atoms with Gasteiger partial charge in [-0.1, -0.05) is 0 Å². The van der Waals surface area contributed by atoms with Crippen LogP contribution in [0.2, 0.25) is 0 Å². The fraction of sp³-hybridized carbons (Fsp3) is 0. The molecule has 0 spiro atoms. The first kappa shape index (κ1) is 17.3. The Bertz CT molecular complexity index is 1360. The largest absolute Gasteiger partial charge is 0.507 e. The predicted molar refractivity (Wildman–Crippen MR) is 95.9 cm³/mol. The summed E-state index contributed by atoms with van der Waals surface area (Å²) in [6, 6.07) is 7.80. The number of phenols is 1. The van der Waals surface area contributed by atoms with Gasteiger partial charge in [0.25, 0.3) is 5.69 Å². The van der Waals surface area contributed by atoms with Crippen LogP contribution in [0.15, 0.2) is 57.9 Å². The Labute approximate surface area is 154 Å². The van der Waals surface area contributed by atoms with E-state index < -0.39 is 27.9 Å². The van der Waals surface area contributed by atoms with Crippen molar-refractivity contribution in [3.8, 4) is 5.75 Å². The number of rotatable bonds is 3. The van der Waals surface area contributed by atoms with Crippen LogP contribution in [0.3, 0.4) is 0 Å². The SMILES string of the molecule is O=C(c1cnc2c(c1)c(=O)oc1ccc(F)cc12)c1cc([N+](=O)[O-])ccc1O. The fourth-order valence-electron chi connectivity index (χ4n) is 2.87. The third kappa shape index (κ3) is 2.75. The van der Waals surface area contributed by atoms with Crippen LogP contribution in [0, 0.1) is 15.9 Å². The van der Waals surface area contributed by atoms with E-state index in [0.717, 1.165) is 36.5 Å². The Morgan fingerprint density at radius 3 is 2.68 bits per heavy atom. The molecule has 0 fully saturated rings. The number of non-ortho nitro benzene ring substituents is 1. The number of nitrogens with zero attached hydrogens (tertiary/aromatic N) is 2. The molecule has 4 aromatic rings. The maximum atomic E-state index is 13.6. The van der Waals surface area contributed by atoms with Crippen molar-refractivity contribution in [3.63, 3.8) is 0 Å². The number of hydrogen-bond donors (Lipinski definition) is 1. The summed E-state index contributed by atoms with van der Waals surface area (Å²) in [6.45, 7) is 0. The van der Waals surface area contributed by atoms with E-state index in [2.05, 4.69) is 4.98 Å². The summed E-state index contributed by atoms with van der Waals surface area (Å²) in [7, 11) is 0. The van der Waals surface area contributed by atoms with E-state index in [1.165, 1.54) is 12.1 Å². The van der Waals surface area contributed by atoms with Crippen LogP contribution in [0.25, 0.3) is 21.9 Å². The Kier molecular flexibility index (Phi) is 3.85. The maximum absolute atomic E-state index is 13.6. The second kappa shape index (κ2) is 6.23. The van der Waals surface area contributed by atoms with Gasteiger partial charge >= 0.3 is 5.63 Å². The zero-order valence-corrected chi connectivity index (χ0v) is 13.9. The highest BCUT2D eigenvalue weighted by Gasteiger charge is 2.20. The Hall–Kier alpha value is -4.14. The topological polar surface area (TPSA) is 124 Å². The second-order valence-corrected chi connectivity index (χ2v) is 5.94. The lowest BCUT2D eigenvalue weighted by Gasteiger charge is -2.06. The summed E-state index contributed by atoms with van der Waals surface area (Å²) in [6.07, 6.45) is 1.15. The Morgan fingerprint density at radius 1 is 1.14 bits per heavy atom. The number of benzene rings is 2. The number of pyridine rings is 1. The standard InChI is InChI=1S/C19H9FN2O6/c20-10-1-4-16-13(6-10)17-14(19(25)28-16)5-9(8-21-17)18(24)12-7-11(22(26)27)2-3-15(12)23/h1-8,23H. The van der Waals surface area contributed by atoms with Crippen LogP contribution in [0.5, 0.6) is 5.75 Å². The predicted octanol–water partition coefficient (Wildman–Crippen LogP) is 3.33. The molecule has 9 heteroatoms. The highest BCUT2D eigenvalue weighted by Crippen LogP contribution is 2.27. The summed E-state index contributed by atoms with van der Waals surface area (Å²) in [4.78, 5) is 39.2. The van der Waals surface area contributed by atoms with E-state index in [1.807, 2.05) is 0 Å². The minimum absolute atomic E-state index is 0.0612. The van der Waals surface area contributed by atoms with Gasteiger partial charge in [-0.05, 0) is 30.3 Å². The van der Waals surface area contributed by atoms with E-state index in [0.29, 0.717) is 0 Å². The highest BCUT2D eigenvalue weighted by atomic mass is 19.1. The van der Waals surface area contributed by atoms with Crippen molar-refractivity contribution in [1.82, 2.24) is 4.98 Å². The molecule has 0 saturated carbocycles. The molecule has 0 saturated heterocycles. The molecule has 0 aliphatic rings. The fourth-order valence-corrected chi connectivity index (χ4v) is 2.87. The molecule has 0 unspecified atom stereocenters. The minimum atomic E-state index is -0.778. The molecule has 8 nitrogen and oxygen atoms in total. The molecule has 0 amide bonds. The maximum Gasteiger partial charge on any atom is 0.345 e. The van der Waals surface area contributed by atoms with E-state index in [1.54, 1.807) is 0 Å². The number of carbonyl (C=O) groups excluding carboxylic acids is 1. The summed E-state index contributed by atoms with van der Waals surface area (Å²) >= 11 is 0. The van der Waals surface area contributed by atoms with Crippen molar-refractivity contribution in [2.75, 3.05) is 0 Å². The van der Waals surface area contributed by atoms with Crippen molar-refractivity contribution >= 4 is 33.3 Å². The first-order chi connectivity index (χ1) is 13.3. The lowest BCUT2D eigenvalue weighted by atomic mass is 10.0. The van der Waals surface area contributed by atoms with E-state index >= 15 is 0 Å². The summed E-state index contributed by atoms with van der Waals surface area (Å²) in [5.74, 6) is -1.77. The van der Waals surface area contributed by atoms with Gasteiger partial charge in [-0.25, -0.2) is 9.18 Å². The van der Waals surface area contributed by atoms with Crippen LogP contribution in [-0.4, -0.2) is 20.8 Å². The van der Waals surface area contributed by atoms with Crippen molar-refractivity contribution in [3.05, 3.63) is 86.1 Å². The summed E-state index contributed by atoms with van der Waals surface area (Å²) in [5, 5.41) is 21.0. The summed E-state index contributed by atoms with van der Waals surface area (Å²) < 4.78 is 18.7. The minimum Gasteiger partial charge on any atom is -0.507 e. The molecule has 2 aromatic heterocycles. The third-order valence-electron chi connectivity index (χ3n) is 4.20. The summed E-state index contributed by atoms with van der Waals surface area (Å²) in [5.41, 5.74) is -1.28. The number of nitro benzene ring substituents is 1. The van der Waals surface area contributed by atoms with E-state index in [-0.39, 0.29) is 38.7 Å². The molecule has 1 N–H and O–H groups in total. The number of aromatic hydroxyl groups is 1. The smallest absolute Gasteiger partial charge is 0.345 e. The van der Waals surface area contributed by atoms with Crippen LogP contribution in [0.1, 0.15) is 15.9 Å². The molecule has 0 aliphatic carbocycles. The number of ketones is 1. The molecular formula is C19H9FN2O6. The van der Waals surface area contributed by atoms with Crippen LogP contribution in [0.4, 0.5) is 10.1 Å². The molecule has 0 atom stereocenters. The number of hydrogen-bond acceptors (Lipinski definition) is 7. The van der Waals surface area contributed by atoms with Gasteiger partial charge in [0.05, 0.1) is 21.4 Å². The molecule has 4 rings (SSSR count). The van der Waals surface area contributed by atoms with Crippen molar-refractivity contribution in [2.45, 2.75) is 0 Å². The van der Waals surface area contributed by atoms with Crippen molar-refractivity contribution in [2.24, 2.45) is 0 Å². The number of phenolic OH excluding ortho intramolecular Hbond substituents is 1. The van der Waals surface area contributed by atoms with Crippen LogP contribution < -0.4 is 5.63 Å². The lowest BCUT2D eigenvalue weighted by Crippen LogP contribution is -2.07. The molecule has 2 heterocycles. The number of halogens is 1. The van der Waals surface area contributed by atoms with E-state index in [9.17, 15) is 29.2 Å². The second-order valence-electron chi connectivity index (χ2n) is 5.94. The van der Waals surface area contributed by atoms with Gasteiger partial charge in [-0.15, -0.1) is 0 Å². The number of fused-ring (bicyclic) bond motifs is 3. The normalized spacial score (nSPS) is 11.0. The zero-order valence-electron chi connectivity index (χ0n) is 13.9. The van der Waals surface area contributed by atoms with E-state index in [4.69, 9.17) is 4.42 Å². The average molecular weight is 380 g/mol. The van der Waals surface area contributed by atoms with Crippen LogP contribution >= 0.6 is 0 Å². The van der Waals surface area contributed by atoms with Gasteiger partial charge in [0.2, 0.25) is 0 Å². The third-order valence-corrected chi connectivity index (χ3v) is 4.20. The van der Waals surface area contributed by atoms with Crippen LogP contribution in [-0.2, 0) is 0 Å². The van der Waals surface area contributed by atoms with Gasteiger partial charge in [0, 0.05) is 29.3 Å². The zero-order chi connectivity index (χ0) is 20.0. The number of nitro groups is 1. The Morgan fingerprint density at radius 2 is 1.93 bits per heavy atom. The van der Waals surface area contributed by atoms with Crippen molar-refractivity contribution in [1.29, 1.82) is 0 Å². The molecule has 0 bridgehead atoms. The lowest BCUT2D eigenvalue weighted by molar-refractivity contribution is -0.384. The number of carbonyl (C=O) groups is 1. The quantitative estimate of drug-likeness (QED) is 0.190. The van der Waals surface area contributed by atoms with Gasteiger partial charge in [0.1, 0.15) is 17.1 Å². The van der Waals surface area contributed by atoms with Gasteiger partial charge in [-0.3, -0.25) is 19.9 Å².